The molecule has 0 atom stereocenters. The van der Waals surface area contributed by atoms with Gasteiger partial charge in [0.25, 0.3) is 0 Å². The van der Waals surface area contributed by atoms with E-state index in [2.05, 4.69) is 63.5 Å². The Morgan fingerprint density at radius 3 is 1.82 bits per heavy atom. The number of rotatable bonds is 6. The van der Waals surface area contributed by atoms with Gasteiger partial charge in [0.2, 0.25) is 0 Å². The molecule has 0 saturated carbocycles. The number of hydrogen-bond acceptors (Lipinski definition) is 5. The number of esters is 2. The third-order valence-electron chi connectivity index (χ3n) is 4.78. The summed E-state index contributed by atoms with van der Waals surface area (Å²) >= 11 is 0. The first kappa shape index (κ1) is 25.8. The second-order valence-electron chi connectivity index (χ2n) is 8.55. The molecule has 0 heterocycles. The van der Waals surface area contributed by atoms with E-state index < -0.39 is 31.3 Å². The molecule has 5 nitrogen and oxygen atoms in total. The second kappa shape index (κ2) is 9.83. The van der Waals surface area contributed by atoms with Crippen LogP contribution in [-0.4, -0.2) is 40.1 Å². The van der Waals surface area contributed by atoms with Gasteiger partial charge in [-0.1, -0.05) is 32.6 Å². The topological polar surface area (TPSA) is 61.8 Å². The molecule has 0 aliphatic carbocycles. The largest absolute Gasteiger partial charge is 0.468 e. The van der Waals surface area contributed by atoms with Crippen LogP contribution in [-0.2, 0) is 23.5 Å². The van der Waals surface area contributed by atoms with Crippen molar-refractivity contribution in [3.8, 4) is 36.0 Å². The molecule has 0 rings (SSSR count). The summed E-state index contributed by atoms with van der Waals surface area (Å²) in [6, 6.07) is 0. The van der Waals surface area contributed by atoms with E-state index in [9.17, 15) is 9.59 Å². The van der Waals surface area contributed by atoms with Crippen LogP contribution >= 0.6 is 0 Å². The fourth-order valence-electron chi connectivity index (χ4n) is 2.24. The highest BCUT2D eigenvalue weighted by molar-refractivity contribution is 6.74. The van der Waals surface area contributed by atoms with Crippen LogP contribution < -0.4 is 0 Å². The van der Waals surface area contributed by atoms with E-state index in [1.54, 1.807) is 0 Å². The molecule has 0 radical (unpaired) electrons. The Balaban J connectivity index is 5.53. The molecule has 154 valence electrons. The van der Waals surface area contributed by atoms with E-state index in [1.807, 2.05) is 13.8 Å². The summed E-state index contributed by atoms with van der Waals surface area (Å²) in [4.78, 5) is 24.3. The van der Waals surface area contributed by atoms with Crippen molar-refractivity contribution in [1.29, 1.82) is 0 Å². The number of hydrogen-bond donors (Lipinski definition) is 0. The van der Waals surface area contributed by atoms with Gasteiger partial charge < -0.3 is 13.9 Å². The van der Waals surface area contributed by atoms with E-state index in [4.69, 9.17) is 20.3 Å². The van der Waals surface area contributed by atoms with Crippen LogP contribution in [0, 0.1) is 41.4 Å². The van der Waals surface area contributed by atoms with Crippen LogP contribution in [0.1, 0.15) is 47.5 Å². The van der Waals surface area contributed by atoms with Gasteiger partial charge in [0.05, 0.1) is 14.2 Å². The average molecular weight is 405 g/mol. The summed E-state index contributed by atoms with van der Waals surface area (Å²) in [6.45, 7) is 14.6. The lowest BCUT2D eigenvalue weighted by molar-refractivity contribution is -0.168. The summed E-state index contributed by atoms with van der Waals surface area (Å²) in [5.41, 5.74) is -2.32. The van der Waals surface area contributed by atoms with Crippen molar-refractivity contribution in [2.24, 2.45) is 5.41 Å². The molecule has 0 aliphatic heterocycles. The highest BCUT2D eigenvalue weighted by Crippen LogP contribution is 2.38. The first-order valence-corrected chi connectivity index (χ1v) is 11.9. The van der Waals surface area contributed by atoms with Crippen molar-refractivity contribution in [3.05, 3.63) is 0 Å². The molecule has 0 amide bonds. The lowest BCUT2D eigenvalue weighted by atomic mass is 9.81. The molecule has 0 N–H and O–H groups in total. The lowest BCUT2D eigenvalue weighted by Crippen LogP contribution is -2.47. The SMILES string of the molecule is C#CCC(CC#CC#CC(C)(C)O[Si](C)(C)C(C)(C)C)(C(=O)OC)C(=O)OC. The van der Waals surface area contributed by atoms with Crippen LogP contribution in [0.15, 0.2) is 0 Å². The van der Waals surface area contributed by atoms with Crippen molar-refractivity contribution in [2.75, 3.05) is 14.2 Å². The predicted octanol–water partition coefficient (Wildman–Crippen LogP) is 3.54. The van der Waals surface area contributed by atoms with Crippen molar-refractivity contribution < 1.29 is 23.5 Å². The van der Waals surface area contributed by atoms with Crippen LogP contribution in [0.2, 0.25) is 18.1 Å². The molecule has 0 fully saturated rings. The van der Waals surface area contributed by atoms with Crippen LogP contribution in [0.3, 0.4) is 0 Å². The number of carbonyl (C=O) groups excluding carboxylic acids is 2. The molecule has 0 aromatic rings. The Morgan fingerprint density at radius 1 is 0.929 bits per heavy atom. The molecule has 28 heavy (non-hydrogen) atoms. The fourth-order valence-corrected chi connectivity index (χ4v) is 3.87. The summed E-state index contributed by atoms with van der Waals surface area (Å²) in [6.07, 6.45) is 5.01. The molecule has 0 unspecified atom stereocenters. The summed E-state index contributed by atoms with van der Waals surface area (Å²) in [7, 11) is 0.386. The van der Waals surface area contributed by atoms with Crippen molar-refractivity contribution in [3.63, 3.8) is 0 Å². The van der Waals surface area contributed by atoms with E-state index in [1.165, 1.54) is 14.2 Å². The smallest absolute Gasteiger partial charge is 0.325 e. The van der Waals surface area contributed by atoms with Gasteiger partial charge >= 0.3 is 11.9 Å². The maximum Gasteiger partial charge on any atom is 0.325 e. The van der Waals surface area contributed by atoms with E-state index >= 15 is 0 Å². The number of carbonyl (C=O) groups is 2. The molecular formula is C22H32O5Si. The molecule has 0 spiro atoms. The zero-order valence-corrected chi connectivity index (χ0v) is 19.5. The Hall–Kier alpha value is -2.20. The van der Waals surface area contributed by atoms with Crippen LogP contribution in [0.5, 0.6) is 0 Å². The van der Waals surface area contributed by atoms with Crippen molar-refractivity contribution in [2.45, 2.75) is 71.2 Å². The van der Waals surface area contributed by atoms with Crippen molar-refractivity contribution >= 4 is 20.3 Å². The molecule has 0 aromatic carbocycles. The molecule has 0 saturated heterocycles. The molecule has 6 heteroatoms. The minimum atomic E-state index is -1.98. The fraction of sp³-hybridized carbons (Fsp3) is 0.636. The Bertz CT molecular complexity index is 726. The predicted molar refractivity (Wildman–Crippen MR) is 112 cm³/mol. The lowest BCUT2D eigenvalue weighted by Gasteiger charge is -2.40. The first-order chi connectivity index (χ1) is 12.7. The molecule has 0 aliphatic rings. The van der Waals surface area contributed by atoms with Gasteiger partial charge in [-0.2, -0.15) is 0 Å². The molecule has 0 aromatic heterocycles. The third-order valence-corrected chi connectivity index (χ3v) is 9.41. The summed E-state index contributed by atoms with van der Waals surface area (Å²) in [5.74, 6) is 12.0. The van der Waals surface area contributed by atoms with E-state index in [0.717, 1.165) is 0 Å². The highest BCUT2D eigenvalue weighted by atomic mass is 28.4. The Morgan fingerprint density at radius 2 is 1.43 bits per heavy atom. The molecule has 0 bridgehead atoms. The maximum absolute atomic E-state index is 12.2. The monoisotopic (exact) mass is 404 g/mol. The van der Waals surface area contributed by atoms with Gasteiger partial charge in [-0.3, -0.25) is 9.59 Å². The summed E-state index contributed by atoms with van der Waals surface area (Å²) < 4.78 is 15.8. The minimum Gasteiger partial charge on any atom is -0.468 e. The zero-order valence-electron chi connectivity index (χ0n) is 18.5. The van der Waals surface area contributed by atoms with Gasteiger partial charge in [-0.15, -0.1) is 12.3 Å². The standard InChI is InChI=1S/C22H32O5Si/c1-11-15-22(18(23)25-7,19(24)26-8)17-14-12-13-16-21(5,6)27-28(9,10)20(2,3)4/h1H,15,17H2,2-10H3. The number of ether oxygens (including phenoxy) is 2. The van der Waals surface area contributed by atoms with Gasteiger partial charge in [0, 0.05) is 12.8 Å². The van der Waals surface area contributed by atoms with Gasteiger partial charge in [0.15, 0.2) is 13.7 Å². The average Bonchev–Trinajstić information content (AvgIpc) is 2.56. The normalized spacial score (nSPS) is 11.9. The highest BCUT2D eigenvalue weighted by Gasteiger charge is 2.47. The quantitative estimate of drug-likeness (QED) is 0.293. The van der Waals surface area contributed by atoms with Crippen LogP contribution in [0.25, 0.3) is 0 Å². The van der Waals surface area contributed by atoms with Crippen molar-refractivity contribution in [1.82, 2.24) is 0 Å². The van der Waals surface area contributed by atoms with Crippen LogP contribution in [0.4, 0.5) is 0 Å². The maximum atomic E-state index is 12.2. The summed E-state index contributed by atoms with van der Waals surface area (Å²) in [5, 5.41) is 0.0630. The molecular weight excluding hydrogens is 372 g/mol. The Labute approximate surface area is 171 Å². The third kappa shape index (κ3) is 6.75. The zero-order chi connectivity index (χ0) is 22.2. The van der Waals surface area contributed by atoms with E-state index in [-0.39, 0.29) is 17.9 Å². The van der Waals surface area contributed by atoms with Gasteiger partial charge in [0.1, 0.15) is 5.60 Å². The number of methoxy groups -OCH3 is 2. The van der Waals surface area contributed by atoms with Gasteiger partial charge in [-0.05, 0) is 43.8 Å². The minimum absolute atomic E-state index is 0.0630. The first-order valence-electron chi connectivity index (χ1n) is 8.99. The van der Waals surface area contributed by atoms with E-state index in [0.29, 0.717) is 0 Å². The second-order valence-corrected chi connectivity index (χ2v) is 13.3. The Kier molecular flexibility index (Phi) is 9.06. The number of terminal acetylenes is 1. The van der Waals surface area contributed by atoms with Gasteiger partial charge in [-0.25, -0.2) is 0 Å².